The molecule has 1 saturated carbocycles. The van der Waals surface area contributed by atoms with E-state index < -0.39 is 0 Å². The summed E-state index contributed by atoms with van der Waals surface area (Å²) in [7, 11) is 0. The number of nitrogens with one attached hydrogen (secondary N) is 1. The summed E-state index contributed by atoms with van der Waals surface area (Å²) in [5.41, 5.74) is 1.47. The van der Waals surface area contributed by atoms with Crippen LogP contribution in [0.4, 0.5) is 0 Å². The van der Waals surface area contributed by atoms with E-state index in [1.54, 1.807) is 6.07 Å². The van der Waals surface area contributed by atoms with Gasteiger partial charge in [-0.3, -0.25) is 4.79 Å². The number of hydrogen-bond donors (Lipinski definition) is 1. The summed E-state index contributed by atoms with van der Waals surface area (Å²) in [5.74, 6) is -0.0427. The van der Waals surface area contributed by atoms with Crippen LogP contribution in [0.1, 0.15) is 55.6 Å². The molecule has 1 aromatic heterocycles. The molecular formula is C14H19ClN2O. The van der Waals surface area contributed by atoms with Gasteiger partial charge in [0.25, 0.3) is 5.91 Å². The molecule has 0 saturated heterocycles. The number of aryl methyl sites for hydroxylation is 1. The molecule has 0 aliphatic heterocycles. The third-order valence-corrected chi connectivity index (χ3v) is 3.68. The Balaban J connectivity index is 2.13. The van der Waals surface area contributed by atoms with Crippen LogP contribution in [0, 0.1) is 0 Å². The number of carbonyl (C=O) groups is 1. The molecule has 1 aliphatic carbocycles. The van der Waals surface area contributed by atoms with E-state index in [4.69, 9.17) is 11.6 Å². The highest BCUT2D eigenvalue weighted by Crippen LogP contribution is 2.31. The summed E-state index contributed by atoms with van der Waals surface area (Å²) in [5, 5.41) is 3.47. The number of amides is 1. The summed E-state index contributed by atoms with van der Waals surface area (Å²) >= 11 is 5.96. The smallest absolute Gasteiger partial charge is 0.251 e. The molecule has 18 heavy (non-hydrogen) atoms. The molecule has 1 aromatic rings. The summed E-state index contributed by atoms with van der Waals surface area (Å²) in [6.45, 7) is 4.17. The number of pyridine rings is 1. The largest absolute Gasteiger partial charge is 0.347 e. The Morgan fingerprint density at radius 2 is 2.22 bits per heavy atom. The quantitative estimate of drug-likeness (QED) is 0.849. The van der Waals surface area contributed by atoms with Gasteiger partial charge in [0.1, 0.15) is 5.15 Å². The summed E-state index contributed by atoms with van der Waals surface area (Å²) in [6, 6.07) is 3.48. The molecule has 2 rings (SSSR count). The number of hydrogen-bond acceptors (Lipinski definition) is 2. The maximum Gasteiger partial charge on any atom is 0.251 e. The van der Waals surface area contributed by atoms with Crippen molar-refractivity contribution < 1.29 is 4.79 Å². The van der Waals surface area contributed by atoms with Crippen LogP contribution >= 0.6 is 11.6 Å². The Hall–Kier alpha value is -1.09. The number of carbonyl (C=O) groups excluding carboxylic acids is 1. The van der Waals surface area contributed by atoms with Gasteiger partial charge in [-0.2, -0.15) is 0 Å². The first kappa shape index (κ1) is 13.3. The van der Waals surface area contributed by atoms with E-state index in [1.165, 1.54) is 6.42 Å². The molecule has 0 atom stereocenters. The lowest BCUT2D eigenvalue weighted by Crippen LogP contribution is -2.50. The van der Waals surface area contributed by atoms with E-state index in [0.717, 1.165) is 31.4 Å². The predicted octanol–water partition coefficient (Wildman–Crippen LogP) is 3.36. The molecule has 1 fully saturated rings. The van der Waals surface area contributed by atoms with Crippen LogP contribution in [0.5, 0.6) is 0 Å². The minimum Gasteiger partial charge on any atom is -0.347 e. The number of aromatic nitrogens is 1. The molecule has 1 aliphatic rings. The predicted molar refractivity (Wildman–Crippen MR) is 73.0 cm³/mol. The Kier molecular flexibility index (Phi) is 3.91. The third-order valence-electron chi connectivity index (χ3n) is 3.49. The molecule has 0 radical (unpaired) electrons. The van der Waals surface area contributed by atoms with Crippen LogP contribution in [0.2, 0.25) is 5.15 Å². The highest BCUT2D eigenvalue weighted by atomic mass is 35.5. The zero-order chi connectivity index (χ0) is 13.2. The first-order chi connectivity index (χ1) is 8.52. The maximum atomic E-state index is 12.2. The second kappa shape index (κ2) is 5.27. The lowest BCUT2D eigenvalue weighted by Gasteiger charge is -2.39. The topological polar surface area (TPSA) is 42.0 Å². The van der Waals surface area contributed by atoms with Crippen LogP contribution in [-0.4, -0.2) is 16.4 Å². The van der Waals surface area contributed by atoms with Gasteiger partial charge < -0.3 is 5.32 Å². The lowest BCUT2D eigenvalue weighted by atomic mass is 9.78. The monoisotopic (exact) mass is 266 g/mol. The van der Waals surface area contributed by atoms with Crippen LogP contribution in [0.3, 0.4) is 0 Å². The van der Waals surface area contributed by atoms with Gasteiger partial charge in [-0.25, -0.2) is 4.98 Å². The fraction of sp³-hybridized carbons (Fsp3) is 0.571. The van der Waals surface area contributed by atoms with Crippen LogP contribution in [0.15, 0.2) is 12.1 Å². The van der Waals surface area contributed by atoms with Gasteiger partial charge in [0.15, 0.2) is 0 Å². The highest BCUT2D eigenvalue weighted by molar-refractivity contribution is 6.29. The highest BCUT2D eigenvalue weighted by Gasteiger charge is 2.33. The molecule has 4 heteroatoms. The molecule has 0 unspecified atom stereocenters. The van der Waals surface area contributed by atoms with E-state index in [2.05, 4.69) is 24.1 Å². The van der Waals surface area contributed by atoms with E-state index in [-0.39, 0.29) is 11.4 Å². The number of halogens is 1. The minimum absolute atomic E-state index is 0.0300. The van der Waals surface area contributed by atoms with Gasteiger partial charge in [-0.1, -0.05) is 24.9 Å². The molecule has 3 nitrogen and oxygen atoms in total. The lowest BCUT2D eigenvalue weighted by molar-refractivity contribution is 0.0850. The van der Waals surface area contributed by atoms with Gasteiger partial charge in [0, 0.05) is 16.8 Å². The van der Waals surface area contributed by atoms with E-state index in [0.29, 0.717) is 10.7 Å². The fourth-order valence-electron chi connectivity index (χ4n) is 2.24. The molecule has 98 valence electrons. The van der Waals surface area contributed by atoms with Crippen LogP contribution in [0.25, 0.3) is 0 Å². The van der Waals surface area contributed by atoms with E-state index in [1.807, 2.05) is 6.07 Å². The SMILES string of the molecule is CCCc1cc(C(=O)NC2(C)CCC2)cc(Cl)n1. The average molecular weight is 267 g/mol. The van der Waals surface area contributed by atoms with Gasteiger partial charge in [0.2, 0.25) is 0 Å². The zero-order valence-corrected chi connectivity index (χ0v) is 11.7. The zero-order valence-electron chi connectivity index (χ0n) is 10.9. The molecule has 1 amide bonds. The van der Waals surface area contributed by atoms with Gasteiger partial charge in [-0.15, -0.1) is 0 Å². The third kappa shape index (κ3) is 3.02. The average Bonchev–Trinajstić information content (AvgIpc) is 2.26. The Morgan fingerprint density at radius 1 is 1.50 bits per heavy atom. The van der Waals surface area contributed by atoms with Gasteiger partial charge in [0.05, 0.1) is 0 Å². The van der Waals surface area contributed by atoms with Crippen molar-refractivity contribution in [3.8, 4) is 0 Å². The van der Waals surface area contributed by atoms with Crippen molar-refractivity contribution in [1.29, 1.82) is 0 Å². The fourth-order valence-corrected chi connectivity index (χ4v) is 2.47. The second-order valence-electron chi connectivity index (χ2n) is 5.29. The van der Waals surface area contributed by atoms with Crippen molar-refractivity contribution in [2.45, 2.75) is 51.5 Å². The standard InChI is InChI=1S/C14H19ClN2O/c1-3-5-11-8-10(9-12(15)16-11)13(18)17-14(2)6-4-7-14/h8-9H,3-7H2,1-2H3,(H,17,18). The van der Waals surface area contributed by atoms with E-state index in [9.17, 15) is 4.79 Å². The van der Waals surface area contributed by atoms with Crippen molar-refractivity contribution in [2.75, 3.05) is 0 Å². The van der Waals surface area contributed by atoms with Crippen LogP contribution < -0.4 is 5.32 Å². The van der Waals surface area contributed by atoms with Crippen molar-refractivity contribution in [3.05, 3.63) is 28.5 Å². The molecular weight excluding hydrogens is 248 g/mol. The Bertz CT molecular complexity index is 455. The first-order valence-corrected chi connectivity index (χ1v) is 6.89. The van der Waals surface area contributed by atoms with Gasteiger partial charge in [-0.05, 0) is 44.7 Å². The molecule has 0 bridgehead atoms. The molecule has 1 heterocycles. The Labute approximate surface area is 113 Å². The van der Waals surface area contributed by atoms with Gasteiger partial charge >= 0.3 is 0 Å². The number of nitrogens with zero attached hydrogens (tertiary/aromatic N) is 1. The first-order valence-electron chi connectivity index (χ1n) is 6.51. The normalized spacial score (nSPS) is 17.1. The minimum atomic E-state index is -0.0427. The molecule has 1 N–H and O–H groups in total. The van der Waals surface area contributed by atoms with Crippen molar-refractivity contribution in [3.63, 3.8) is 0 Å². The summed E-state index contributed by atoms with van der Waals surface area (Å²) in [6.07, 6.45) is 5.14. The summed E-state index contributed by atoms with van der Waals surface area (Å²) in [4.78, 5) is 16.4. The molecule has 0 spiro atoms. The number of rotatable bonds is 4. The van der Waals surface area contributed by atoms with Crippen molar-refractivity contribution >= 4 is 17.5 Å². The van der Waals surface area contributed by atoms with Crippen LogP contribution in [-0.2, 0) is 6.42 Å². The molecule has 0 aromatic carbocycles. The maximum absolute atomic E-state index is 12.2. The van der Waals surface area contributed by atoms with Crippen molar-refractivity contribution in [2.24, 2.45) is 0 Å². The second-order valence-corrected chi connectivity index (χ2v) is 5.68. The van der Waals surface area contributed by atoms with Crippen molar-refractivity contribution in [1.82, 2.24) is 10.3 Å². The summed E-state index contributed by atoms with van der Waals surface area (Å²) < 4.78 is 0. The van der Waals surface area contributed by atoms with E-state index >= 15 is 0 Å². The Morgan fingerprint density at radius 3 is 2.78 bits per heavy atom.